The number of carbonyl (C=O) groups is 1. The molecule has 0 fully saturated rings. The van der Waals surface area contributed by atoms with E-state index >= 15 is 0 Å². The lowest BCUT2D eigenvalue weighted by molar-refractivity contribution is -0.184. The lowest BCUT2D eigenvalue weighted by atomic mass is 10.3. The molecule has 120 valence electrons. The van der Waals surface area contributed by atoms with Crippen molar-refractivity contribution in [1.29, 1.82) is 0 Å². The Morgan fingerprint density at radius 1 is 1.25 bits per heavy atom. The molecule has 20 heavy (non-hydrogen) atoms. The number of amides is 1. The number of alkyl halides is 3. The van der Waals surface area contributed by atoms with Crippen molar-refractivity contribution in [2.75, 3.05) is 20.2 Å². The molecule has 1 atom stereocenters. The summed E-state index contributed by atoms with van der Waals surface area (Å²) in [6.45, 7) is 7.67. The first kappa shape index (κ1) is 19.6. The molecule has 0 bridgehead atoms. The van der Waals surface area contributed by atoms with Gasteiger partial charge in [-0.25, -0.2) is 4.67 Å². The molecule has 1 unspecified atom stereocenters. The van der Waals surface area contributed by atoms with Crippen LogP contribution < -0.4 is 5.50 Å². The monoisotopic (exact) mass is 317 g/mol. The summed E-state index contributed by atoms with van der Waals surface area (Å²) in [6, 6.07) is 0.335. The summed E-state index contributed by atoms with van der Waals surface area (Å²) < 4.78 is 43.8. The van der Waals surface area contributed by atoms with E-state index in [2.05, 4.69) is 0 Å². The Hall–Kier alpha value is -0.430. The van der Waals surface area contributed by atoms with Crippen LogP contribution in [-0.4, -0.2) is 53.9 Å². The highest BCUT2D eigenvalue weighted by Gasteiger charge is 2.41. The van der Waals surface area contributed by atoms with Crippen LogP contribution in [0.3, 0.4) is 0 Å². The van der Waals surface area contributed by atoms with Gasteiger partial charge >= 0.3 is 12.1 Å². The van der Waals surface area contributed by atoms with E-state index < -0.39 is 20.5 Å². The molecule has 0 aliphatic carbocycles. The van der Waals surface area contributed by atoms with E-state index in [-0.39, 0.29) is 25.2 Å². The summed E-state index contributed by atoms with van der Waals surface area (Å²) in [7, 11) is -0.303. The van der Waals surface area contributed by atoms with Gasteiger partial charge in [-0.3, -0.25) is 10.3 Å². The molecular formula is C11H23F3N3O2P. The van der Waals surface area contributed by atoms with Crippen molar-refractivity contribution in [3.05, 3.63) is 0 Å². The lowest BCUT2D eigenvalue weighted by Crippen LogP contribution is -2.40. The molecule has 0 spiro atoms. The molecule has 0 rings (SSSR count). The third-order valence-corrected chi connectivity index (χ3v) is 4.35. The van der Waals surface area contributed by atoms with E-state index in [1.54, 1.807) is 0 Å². The van der Waals surface area contributed by atoms with Gasteiger partial charge in [0.2, 0.25) is 0 Å². The Labute approximate surface area is 119 Å². The highest BCUT2D eigenvalue weighted by Crippen LogP contribution is 2.36. The summed E-state index contributed by atoms with van der Waals surface area (Å²) in [5.41, 5.74) is 5.91. The molecule has 0 radical (unpaired) electrons. The van der Waals surface area contributed by atoms with Gasteiger partial charge in [0, 0.05) is 25.7 Å². The van der Waals surface area contributed by atoms with Gasteiger partial charge in [0.05, 0.1) is 6.61 Å². The van der Waals surface area contributed by atoms with Crippen LogP contribution in [0.1, 0.15) is 27.7 Å². The van der Waals surface area contributed by atoms with Gasteiger partial charge < -0.3 is 9.42 Å². The summed E-state index contributed by atoms with van der Waals surface area (Å²) in [5, 5.41) is 0. The smallest absolute Gasteiger partial charge is 0.336 e. The van der Waals surface area contributed by atoms with Crippen LogP contribution in [0.25, 0.3) is 0 Å². The lowest BCUT2D eigenvalue weighted by Gasteiger charge is -2.34. The Morgan fingerprint density at radius 3 is 2.05 bits per heavy atom. The van der Waals surface area contributed by atoms with Crippen molar-refractivity contribution in [2.45, 2.75) is 46.0 Å². The van der Waals surface area contributed by atoms with Crippen molar-refractivity contribution >= 4 is 14.4 Å². The van der Waals surface area contributed by atoms with Crippen molar-refractivity contribution < 1.29 is 22.5 Å². The maximum absolute atomic E-state index is 12.2. The average molecular weight is 317 g/mol. The van der Waals surface area contributed by atoms with Gasteiger partial charge in [-0.05, 0) is 27.7 Å². The Morgan fingerprint density at radius 2 is 1.70 bits per heavy atom. The Balaban J connectivity index is 4.27. The topological polar surface area (TPSA) is 58.8 Å². The van der Waals surface area contributed by atoms with Gasteiger partial charge in [0.1, 0.15) is 0 Å². The predicted octanol–water partition coefficient (Wildman–Crippen LogP) is 2.33. The minimum atomic E-state index is -4.86. The predicted molar refractivity (Wildman–Crippen MR) is 72.9 cm³/mol. The SMILES string of the molecule is CC(C)N(C(C)C)P(N)OCCN(C)C(=O)C(F)(F)F. The molecule has 0 aromatic rings. The van der Waals surface area contributed by atoms with Gasteiger partial charge in [0.15, 0.2) is 8.45 Å². The highest BCUT2D eigenvalue weighted by atomic mass is 31.2. The molecule has 0 aliphatic heterocycles. The molecule has 1 amide bonds. The average Bonchev–Trinajstić information content (AvgIpc) is 2.25. The fourth-order valence-corrected chi connectivity index (χ4v) is 3.02. The zero-order valence-electron chi connectivity index (χ0n) is 12.4. The van der Waals surface area contributed by atoms with Crippen molar-refractivity contribution in [2.24, 2.45) is 5.50 Å². The second-order valence-corrected chi connectivity index (χ2v) is 6.25. The largest absolute Gasteiger partial charge is 0.471 e. The first-order chi connectivity index (χ1) is 8.98. The van der Waals surface area contributed by atoms with Crippen LogP contribution in [0.4, 0.5) is 13.2 Å². The number of hydrogen-bond donors (Lipinski definition) is 1. The van der Waals surface area contributed by atoms with Crippen LogP contribution in [0, 0.1) is 0 Å². The van der Waals surface area contributed by atoms with Gasteiger partial charge in [-0.1, -0.05) is 0 Å². The molecular weight excluding hydrogens is 294 g/mol. The highest BCUT2D eigenvalue weighted by molar-refractivity contribution is 7.47. The Bertz CT molecular complexity index is 306. The van der Waals surface area contributed by atoms with Gasteiger partial charge in [-0.15, -0.1) is 0 Å². The van der Waals surface area contributed by atoms with Crippen molar-refractivity contribution in [1.82, 2.24) is 9.57 Å². The number of nitrogens with two attached hydrogens (primary N) is 1. The number of halogens is 3. The quantitative estimate of drug-likeness (QED) is 0.732. The third kappa shape index (κ3) is 6.35. The van der Waals surface area contributed by atoms with Crippen LogP contribution in [-0.2, 0) is 9.32 Å². The number of nitrogens with zero attached hydrogens (tertiary/aromatic N) is 2. The first-order valence-corrected chi connectivity index (χ1v) is 7.54. The third-order valence-electron chi connectivity index (χ3n) is 2.53. The second-order valence-electron chi connectivity index (χ2n) is 4.93. The minimum Gasteiger partial charge on any atom is -0.336 e. The fourth-order valence-electron chi connectivity index (χ4n) is 1.71. The molecule has 0 saturated heterocycles. The number of carbonyl (C=O) groups excluding carboxylic acids is 1. The zero-order chi connectivity index (χ0) is 16.1. The normalized spacial score (nSPS) is 14.2. The van der Waals surface area contributed by atoms with Crippen molar-refractivity contribution in [3.8, 4) is 0 Å². The zero-order valence-corrected chi connectivity index (χ0v) is 13.3. The molecule has 0 aromatic heterocycles. The number of rotatable bonds is 7. The fraction of sp³-hybridized carbons (Fsp3) is 0.909. The van der Waals surface area contributed by atoms with Gasteiger partial charge in [0.25, 0.3) is 0 Å². The second kappa shape index (κ2) is 8.12. The van der Waals surface area contributed by atoms with Crippen LogP contribution >= 0.6 is 8.45 Å². The number of hydrogen-bond acceptors (Lipinski definition) is 4. The molecule has 0 heterocycles. The maximum Gasteiger partial charge on any atom is 0.471 e. The summed E-state index contributed by atoms with van der Waals surface area (Å²) in [5.74, 6) is -1.88. The van der Waals surface area contributed by atoms with Gasteiger partial charge in [-0.2, -0.15) is 13.2 Å². The van der Waals surface area contributed by atoms with E-state index in [0.29, 0.717) is 4.90 Å². The van der Waals surface area contributed by atoms with E-state index in [0.717, 1.165) is 7.05 Å². The van der Waals surface area contributed by atoms with Crippen LogP contribution in [0.5, 0.6) is 0 Å². The van der Waals surface area contributed by atoms with Crippen molar-refractivity contribution in [3.63, 3.8) is 0 Å². The van der Waals surface area contributed by atoms with Crippen LogP contribution in [0.2, 0.25) is 0 Å². The van der Waals surface area contributed by atoms with E-state index in [1.165, 1.54) is 0 Å². The summed E-state index contributed by atoms with van der Waals surface area (Å²) >= 11 is 0. The van der Waals surface area contributed by atoms with Crippen LogP contribution in [0.15, 0.2) is 0 Å². The number of likely N-dealkylation sites (N-methyl/N-ethyl adjacent to an activating group) is 1. The molecule has 9 heteroatoms. The summed E-state index contributed by atoms with van der Waals surface area (Å²) in [6.07, 6.45) is -4.86. The first-order valence-electron chi connectivity index (χ1n) is 6.26. The molecule has 5 nitrogen and oxygen atoms in total. The Kier molecular flexibility index (Phi) is 7.95. The molecule has 0 aliphatic rings. The maximum atomic E-state index is 12.2. The van der Waals surface area contributed by atoms with E-state index in [4.69, 9.17) is 10.0 Å². The minimum absolute atomic E-state index is 0.0313. The standard InChI is InChI=1S/C11H23F3N3O2P/c1-8(2)17(9(3)4)20(15)19-7-6-16(5)10(18)11(12,13)14/h8-9H,6-7,15H2,1-5H3. The molecule has 0 aromatic carbocycles. The molecule has 0 saturated carbocycles. The molecule has 2 N–H and O–H groups in total. The van der Waals surface area contributed by atoms with E-state index in [9.17, 15) is 18.0 Å². The van der Waals surface area contributed by atoms with E-state index in [1.807, 2.05) is 32.4 Å². The summed E-state index contributed by atoms with van der Waals surface area (Å²) in [4.78, 5) is 11.5.